The average molecular weight is 277 g/mol. The molecule has 0 saturated heterocycles. The summed E-state index contributed by atoms with van der Waals surface area (Å²) >= 11 is 0. The number of rotatable bonds is 5. The number of hydrogen-bond acceptors (Lipinski definition) is 3. The van der Waals surface area contributed by atoms with Gasteiger partial charge in [-0.2, -0.15) is 0 Å². The van der Waals surface area contributed by atoms with Crippen LogP contribution in [0.5, 0.6) is 0 Å². The van der Waals surface area contributed by atoms with Gasteiger partial charge in [0.1, 0.15) is 17.3 Å². The summed E-state index contributed by atoms with van der Waals surface area (Å²) in [4.78, 5) is 14.8. The molecule has 20 heavy (non-hydrogen) atoms. The van der Waals surface area contributed by atoms with E-state index in [1.807, 2.05) is 0 Å². The van der Waals surface area contributed by atoms with Gasteiger partial charge in [0.05, 0.1) is 0 Å². The number of anilines is 1. The molecule has 1 amide bonds. The fraction of sp³-hybridized carbons (Fsp3) is 0.143. The zero-order chi connectivity index (χ0) is 14.5. The van der Waals surface area contributed by atoms with Crippen LogP contribution in [-0.2, 0) is 6.42 Å². The molecule has 1 heterocycles. The summed E-state index contributed by atoms with van der Waals surface area (Å²) in [5.41, 5.74) is 6.51. The molecule has 2 aromatic rings. The van der Waals surface area contributed by atoms with Crippen molar-refractivity contribution in [2.75, 3.05) is 11.9 Å². The van der Waals surface area contributed by atoms with E-state index in [1.54, 1.807) is 6.07 Å². The van der Waals surface area contributed by atoms with Crippen molar-refractivity contribution in [3.8, 4) is 0 Å². The molecule has 0 bridgehead atoms. The number of halogens is 2. The van der Waals surface area contributed by atoms with Crippen LogP contribution >= 0.6 is 0 Å². The monoisotopic (exact) mass is 277 g/mol. The molecule has 2 rings (SSSR count). The SMILES string of the molecule is NC(=O)c1cc(NCCc2cc(F)cc(F)c2)ccn1. The molecule has 0 saturated carbocycles. The maximum atomic E-state index is 13.0. The van der Waals surface area contributed by atoms with E-state index < -0.39 is 17.5 Å². The fourth-order valence-corrected chi connectivity index (χ4v) is 1.78. The van der Waals surface area contributed by atoms with Crippen molar-refractivity contribution in [3.63, 3.8) is 0 Å². The minimum Gasteiger partial charge on any atom is -0.385 e. The zero-order valence-electron chi connectivity index (χ0n) is 10.6. The molecule has 0 unspecified atom stereocenters. The van der Waals surface area contributed by atoms with E-state index in [0.717, 1.165) is 6.07 Å². The summed E-state index contributed by atoms with van der Waals surface area (Å²) in [6.07, 6.45) is 1.91. The molecule has 3 N–H and O–H groups in total. The first-order valence-electron chi connectivity index (χ1n) is 5.99. The molecule has 0 atom stereocenters. The Balaban J connectivity index is 1.95. The number of nitrogens with zero attached hydrogens (tertiary/aromatic N) is 1. The molecule has 6 heteroatoms. The van der Waals surface area contributed by atoms with Crippen LogP contribution in [0.2, 0.25) is 0 Å². The molecular formula is C14H13F2N3O. The molecule has 104 valence electrons. The van der Waals surface area contributed by atoms with Gasteiger partial charge < -0.3 is 11.1 Å². The van der Waals surface area contributed by atoms with Gasteiger partial charge in [-0.05, 0) is 36.2 Å². The number of amides is 1. The number of nitrogens with one attached hydrogen (secondary N) is 1. The number of nitrogens with two attached hydrogens (primary N) is 1. The molecule has 1 aromatic carbocycles. The lowest BCUT2D eigenvalue weighted by Gasteiger charge is -2.07. The molecule has 0 radical (unpaired) electrons. The quantitative estimate of drug-likeness (QED) is 0.879. The number of pyridine rings is 1. The van der Waals surface area contributed by atoms with Crippen molar-refractivity contribution in [1.29, 1.82) is 0 Å². The van der Waals surface area contributed by atoms with Gasteiger partial charge in [-0.3, -0.25) is 9.78 Å². The number of aromatic nitrogens is 1. The Bertz CT molecular complexity index is 611. The maximum absolute atomic E-state index is 13.0. The summed E-state index contributed by atoms with van der Waals surface area (Å²) in [6.45, 7) is 0.463. The first-order chi connectivity index (χ1) is 9.54. The molecule has 0 aliphatic heterocycles. The lowest BCUT2D eigenvalue weighted by Crippen LogP contribution is -2.13. The second-order valence-electron chi connectivity index (χ2n) is 4.25. The smallest absolute Gasteiger partial charge is 0.267 e. The summed E-state index contributed by atoms with van der Waals surface area (Å²) in [5.74, 6) is -1.80. The van der Waals surface area contributed by atoms with Gasteiger partial charge in [0, 0.05) is 24.5 Å². The van der Waals surface area contributed by atoms with E-state index in [0.29, 0.717) is 24.2 Å². The van der Waals surface area contributed by atoms with E-state index in [9.17, 15) is 13.6 Å². The Morgan fingerprint density at radius 1 is 1.20 bits per heavy atom. The van der Waals surface area contributed by atoms with E-state index in [1.165, 1.54) is 24.4 Å². The van der Waals surface area contributed by atoms with Gasteiger partial charge in [0.25, 0.3) is 5.91 Å². The third kappa shape index (κ3) is 3.74. The van der Waals surface area contributed by atoms with E-state index >= 15 is 0 Å². The van der Waals surface area contributed by atoms with Gasteiger partial charge in [-0.25, -0.2) is 8.78 Å². The largest absolute Gasteiger partial charge is 0.385 e. The highest BCUT2D eigenvalue weighted by Crippen LogP contribution is 2.10. The number of carbonyl (C=O) groups excluding carboxylic acids is 1. The Kier molecular flexibility index (Phi) is 4.24. The van der Waals surface area contributed by atoms with Crippen molar-refractivity contribution >= 4 is 11.6 Å². The molecule has 1 aromatic heterocycles. The number of hydrogen-bond donors (Lipinski definition) is 2. The maximum Gasteiger partial charge on any atom is 0.267 e. The van der Waals surface area contributed by atoms with Gasteiger partial charge in [0.15, 0.2) is 0 Å². The van der Waals surface area contributed by atoms with Crippen molar-refractivity contribution < 1.29 is 13.6 Å². The Labute approximate surface area is 114 Å². The first kappa shape index (κ1) is 13.9. The standard InChI is InChI=1S/C14H13F2N3O/c15-10-5-9(6-11(16)7-10)1-3-18-12-2-4-19-13(8-12)14(17)20/h2,4-8H,1,3H2,(H2,17,20)(H,18,19). The molecule has 0 aliphatic carbocycles. The Morgan fingerprint density at radius 3 is 2.55 bits per heavy atom. The number of carbonyl (C=O) groups is 1. The first-order valence-corrected chi connectivity index (χ1v) is 5.99. The molecule has 0 aliphatic rings. The highest BCUT2D eigenvalue weighted by atomic mass is 19.1. The minimum atomic E-state index is -0.610. The van der Waals surface area contributed by atoms with Crippen LogP contribution in [0.3, 0.4) is 0 Å². The Morgan fingerprint density at radius 2 is 1.90 bits per heavy atom. The summed E-state index contributed by atoms with van der Waals surface area (Å²) in [7, 11) is 0. The van der Waals surface area contributed by atoms with Crippen molar-refractivity contribution in [1.82, 2.24) is 4.98 Å². The highest BCUT2D eigenvalue weighted by Gasteiger charge is 2.03. The van der Waals surface area contributed by atoms with Gasteiger partial charge in [-0.15, -0.1) is 0 Å². The predicted molar refractivity (Wildman–Crippen MR) is 71.3 cm³/mol. The summed E-state index contributed by atoms with van der Waals surface area (Å²) < 4.78 is 26.0. The van der Waals surface area contributed by atoms with Gasteiger partial charge >= 0.3 is 0 Å². The van der Waals surface area contributed by atoms with E-state index in [2.05, 4.69) is 10.3 Å². The van der Waals surface area contributed by atoms with Crippen LogP contribution < -0.4 is 11.1 Å². The fourth-order valence-electron chi connectivity index (χ4n) is 1.78. The second-order valence-corrected chi connectivity index (χ2v) is 4.25. The minimum absolute atomic E-state index is 0.159. The zero-order valence-corrected chi connectivity index (χ0v) is 10.6. The van der Waals surface area contributed by atoms with Crippen LogP contribution in [0.15, 0.2) is 36.5 Å². The second kappa shape index (κ2) is 6.10. The van der Waals surface area contributed by atoms with Crippen LogP contribution in [-0.4, -0.2) is 17.4 Å². The number of benzene rings is 1. The van der Waals surface area contributed by atoms with Crippen LogP contribution in [0.25, 0.3) is 0 Å². The topological polar surface area (TPSA) is 68.0 Å². The average Bonchev–Trinajstić information content (AvgIpc) is 2.38. The van der Waals surface area contributed by atoms with Crippen LogP contribution in [0, 0.1) is 11.6 Å². The van der Waals surface area contributed by atoms with Crippen molar-refractivity contribution in [3.05, 3.63) is 59.4 Å². The lowest BCUT2D eigenvalue weighted by molar-refractivity contribution is 0.0995. The van der Waals surface area contributed by atoms with Crippen molar-refractivity contribution in [2.24, 2.45) is 5.73 Å². The molecular weight excluding hydrogens is 264 g/mol. The molecule has 0 spiro atoms. The van der Waals surface area contributed by atoms with Gasteiger partial charge in [-0.1, -0.05) is 0 Å². The highest BCUT2D eigenvalue weighted by molar-refractivity contribution is 5.91. The van der Waals surface area contributed by atoms with Crippen LogP contribution in [0.4, 0.5) is 14.5 Å². The van der Waals surface area contributed by atoms with E-state index in [-0.39, 0.29) is 5.69 Å². The third-order valence-corrected chi connectivity index (χ3v) is 2.68. The third-order valence-electron chi connectivity index (χ3n) is 2.68. The number of primary amides is 1. The molecule has 0 fully saturated rings. The normalized spacial score (nSPS) is 10.3. The van der Waals surface area contributed by atoms with E-state index in [4.69, 9.17) is 5.73 Å². The summed E-state index contributed by atoms with van der Waals surface area (Å²) in [5, 5.41) is 3.03. The van der Waals surface area contributed by atoms with Crippen LogP contribution in [0.1, 0.15) is 16.1 Å². The van der Waals surface area contributed by atoms with Crippen molar-refractivity contribution in [2.45, 2.75) is 6.42 Å². The summed E-state index contributed by atoms with van der Waals surface area (Å²) in [6, 6.07) is 6.60. The molecule has 4 nitrogen and oxygen atoms in total. The predicted octanol–water partition coefficient (Wildman–Crippen LogP) is 2.11. The van der Waals surface area contributed by atoms with Gasteiger partial charge in [0.2, 0.25) is 0 Å². The Hall–Kier alpha value is -2.50. The lowest BCUT2D eigenvalue weighted by atomic mass is 10.1.